The summed E-state index contributed by atoms with van der Waals surface area (Å²) in [5.74, 6) is -1.03. The van der Waals surface area contributed by atoms with Gasteiger partial charge in [0.2, 0.25) is 17.7 Å². The summed E-state index contributed by atoms with van der Waals surface area (Å²) in [5, 5.41) is 3.11. The van der Waals surface area contributed by atoms with Gasteiger partial charge < -0.3 is 15.2 Å². The number of hydrogen-bond donors (Lipinski definition) is 2. The third-order valence-electron chi connectivity index (χ3n) is 7.50. The number of hydrogen-bond acceptors (Lipinski definition) is 5. The highest BCUT2D eigenvalue weighted by Crippen LogP contribution is 2.41. The van der Waals surface area contributed by atoms with E-state index in [2.05, 4.69) is 10.3 Å². The fraction of sp³-hybridized carbons (Fsp3) is 0.609. The Hall–Kier alpha value is -2.97. The smallest absolute Gasteiger partial charge is 0.270 e. The van der Waals surface area contributed by atoms with E-state index in [4.69, 9.17) is 0 Å². The van der Waals surface area contributed by atoms with Gasteiger partial charge in [0.15, 0.2) is 5.78 Å². The van der Waals surface area contributed by atoms with Crippen LogP contribution in [0.3, 0.4) is 0 Å². The third-order valence-corrected chi connectivity index (χ3v) is 7.50. The minimum Gasteiger partial charge on any atom is -0.354 e. The highest BCUT2D eigenvalue weighted by Gasteiger charge is 2.50. The Morgan fingerprint density at radius 3 is 2.53 bits per heavy atom. The molecule has 9 heteroatoms. The van der Waals surface area contributed by atoms with Crippen LogP contribution in [0.25, 0.3) is 0 Å². The fourth-order valence-corrected chi connectivity index (χ4v) is 6.01. The van der Waals surface area contributed by atoms with Gasteiger partial charge in [-0.3, -0.25) is 28.9 Å². The summed E-state index contributed by atoms with van der Waals surface area (Å²) in [6, 6.07) is 1.54. The van der Waals surface area contributed by atoms with Crippen molar-refractivity contribution in [1.29, 1.82) is 0 Å². The predicted octanol–water partition coefficient (Wildman–Crippen LogP) is 1.33. The van der Waals surface area contributed by atoms with E-state index in [1.165, 1.54) is 0 Å². The van der Waals surface area contributed by atoms with Crippen molar-refractivity contribution in [3.05, 3.63) is 23.0 Å². The molecule has 170 valence electrons. The van der Waals surface area contributed by atoms with Crippen molar-refractivity contribution in [1.82, 2.24) is 20.1 Å². The van der Waals surface area contributed by atoms with Gasteiger partial charge in [-0.25, -0.2) is 0 Å². The molecule has 1 aromatic rings. The maximum Gasteiger partial charge on any atom is 0.270 e. The molecule has 4 aliphatic rings. The van der Waals surface area contributed by atoms with Crippen molar-refractivity contribution in [3.8, 4) is 0 Å². The van der Waals surface area contributed by atoms with Gasteiger partial charge in [-0.1, -0.05) is 0 Å². The van der Waals surface area contributed by atoms with Gasteiger partial charge in [-0.2, -0.15) is 0 Å². The van der Waals surface area contributed by atoms with E-state index in [9.17, 15) is 24.0 Å². The normalized spacial score (nSPS) is 27.5. The molecule has 1 aromatic heterocycles. The Bertz CT molecular complexity index is 998. The molecule has 2 unspecified atom stereocenters. The Labute approximate surface area is 185 Å². The molecule has 0 radical (unpaired) electrons. The molecule has 0 bridgehead atoms. The minimum atomic E-state index is -0.543. The summed E-state index contributed by atoms with van der Waals surface area (Å²) in [4.78, 5) is 68.3. The van der Waals surface area contributed by atoms with Crippen LogP contribution in [0.1, 0.15) is 84.3 Å². The summed E-state index contributed by atoms with van der Waals surface area (Å²) in [7, 11) is 0. The van der Waals surface area contributed by atoms with Crippen molar-refractivity contribution < 1.29 is 24.0 Å². The Balaban J connectivity index is 1.33. The number of Topliss-reactive ketones (excluding diaryl/α,β-unsaturated/α-hetero) is 1. The second-order valence-corrected chi connectivity index (χ2v) is 9.44. The topological polar surface area (TPSA) is 120 Å². The van der Waals surface area contributed by atoms with Gasteiger partial charge >= 0.3 is 0 Å². The zero-order chi connectivity index (χ0) is 22.5. The molecule has 3 heterocycles. The Morgan fingerprint density at radius 1 is 1.03 bits per heavy atom. The summed E-state index contributed by atoms with van der Waals surface area (Å²) >= 11 is 0. The lowest BCUT2D eigenvalue weighted by molar-refractivity contribution is -0.143. The first-order chi connectivity index (χ1) is 15.4. The summed E-state index contributed by atoms with van der Waals surface area (Å²) < 4.78 is 0. The first-order valence-corrected chi connectivity index (χ1v) is 11.6. The number of aromatic nitrogens is 1. The molecule has 3 fully saturated rings. The maximum atomic E-state index is 13.4. The number of aryl methyl sites for hydroxylation is 1. The van der Waals surface area contributed by atoms with Crippen molar-refractivity contribution >= 4 is 29.4 Å². The zero-order valence-corrected chi connectivity index (χ0v) is 18.1. The number of amides is 4. The molecule has 0 spiro atoms. The van der Waals surface area contributed by atoms with Gasteiger partial charge in [0.05, 0.1) is 11.6 Å². The van der Waals surface area contributed by atoms with Gasteiger partial charge in [0, 0.05) is 37.1 Å². The van der Waals surface area contributed by atoms with E-state index < -0.39 is 5.54 Å². The molecule has 1 saturated carbocycles. The first kappa shape index (κ1) is 20.9. The molecule has 32 heavy (non-hydrogen) atoms. The van der Waals surface area contributed by atoms with Crippen molar-refractivity contribution in [2.75, 3.05) is 13.1 Å². The standard InChI is InChI=1S/C23H28N4O5/c28-17-5-1-4-15-14(17)12-16(24-15)22(32)26-11-3-10-23(9-2-6-18(23)26)25-19(29)13-27-20(30)7-8-21(27)31/h12,18,24H,1-11,13H2,(H,25,29). The van der Waals surface area contributed by atoms with Crippen LogP contribution in [0.5, 0.6) is 0 Å². The lowest BCUT2D eigenvalue weighted by Crippen LogP contribution is -2.64. The van der Waals surface area contributed by atoms with E-state index in [-0.39, 0.29) is 54.8 Å². The van der Waals surface area contributed by atoms with Gasteiger partial charge in [-0.15, -0.1) is 0 Å². The van der Waals surface area contributed by atoms with Gasteiger partial charge in [0.1, 0.15) is 12.2 Å². The molecule has 2 saturated heterocycles. The monoisotopic (exact) mass is 440 g/mol. The van der Waals surface area contributed by atoms with Crippen molar-refractivity contribution in [3.63, 3.8) is 0 Å². The molecular weight excluding hydrogens is 412 g/mol. The predicted molar refractivity (Wildman–Crippen MR) is 113 cm³/mol. The molecular formula is C23H28N4O5. The minimum absolute atomic E-state index is 0.0775. The number of nitrogens with one attached hydrogen (secondary N) is 2. The molecule has 2 N–H and O–H groups in total. The number of imide groups is 1. The van der Waals surface area contributed by atoms with E-state index in [1.54, 1.807) is 6.07 Å². The lowest BCUT2D eigenvalue weighted by atomic mass is 9.83. The van der Waals surface area contributed by atoms with Crippen LogP contribution < -0.4 is 5.32 Å². The van der Waals surface area contributed by atoms with Crippen LogP contribution in [-0.4, -0.2) is 68.9 Å². The number of ketones is 1. The number of carbonyl (C=O) groups excluding carboxylic acids is 5. The largest absolute Gasteiger partial charge is 0.354 e. The summed E-state index contributed by atoms with van der Waals surface area (Å²) in [6.45, 7) is 0.341. The molecule has 0 aromatic carbocycles. The average molecular weight is 441 g/mol. The lowest BCUT2D eigenvalue weighted by Gasteiger charge is -2.47. The SMILES string of the molecule is O=C(CN1C(=O)CCC1=O)NC12CCCC1N(C(=O)c1cc3c([nH]1)CCCC3=O)CCC2. The number of carbonyl (C=O) groups is 5. The molecule has 9 nitrogen and oxygen atoms in total. The highest BCUT2D eigenvalue weighted by molar-refractivity contribution is 6.04. The number of nitrogens with zero attached hydrogens (tertiary/aromatic N) is 2. The molecule has 2 aliphatic carbocycles. The Morgan fingerprint density at radius 2 is 1.78 bits per heavy atom. The highest BCUT2D eigenvalue weighted by atomic mass is 16.2. The van der Waals surface area contributed by atoms with E-state index in [0.29, 0.717) is 24.2 Å². The number of piperidine rings is 1. The summed E-state index contributed by atoms with van der Waals surface area (Å²) in [6.07, 6.45) is 6.34. The first-order valence-electron chi connectivity index (χ1n) is 11.6. The molecule has 2 aliphatic heterocycles. The number of aromatic amines is 1. The van der Waals surface area contributed by atoms with E-state index in [1.807, 2.05) is 4.90 Å². The molecule has 2 atom stereocenters. The van der Waals surface area contributed by atoms with Crippen molar-refractivity contribution in [2.45, 2.75) is 75.8 Å². The van der Waals surface area contributed by atoms with Crippen molar-refractivity contribution in [2.24, 2.45) is 0 Å². The van der Waals surface area contributed by atoms with Crippen LogP contribution in [0.15, 0.2) is 6.07 Å². The number of likely N-dealkylation sites (tertiary alicyclic amines) is 2. The second kappa shape index (κ2) is 7.86. The van der Waals surface area contributed by atoms with Crippen LogP contribution in [-0.2, 0) is 20.8 Å². The number of H-pyrrole nitrogens is 1. The number of fused-ring (bicyclic) bond motifs is 2. The van der Waals surface area contributed by atoms with Gasteiger partial charge in [0.25, 0.3) is 5.91 Å². The molecule has 4 amide bonds. The van der Waals surface area contributed by atoms with Crippen LogP contribution in [0.4, 0.5) is 0 Å². The zero-order valence-electron chi connectivity index (χ0n) is 18.1. The van der Waals surface area contributed by atoms with E-state index >= 15 is 0 Å². The summed E-state index contributed by atoms with van der Waals surface area (Å²) in [5.41, 5.74) is 1.36. The Kier molecular flexibility index (Phi) is 5.14. The fourth-order valence-electron chi connectivity index (χ4n) is 6.01. The van der Waals surface area contributed by atoms with Crippen LogP contribution >= 0.6 is 0 Å². The van der Waals surface area contributed by atoms with Crippen LogP contribution in [0, 0.1) is 0 Å². The maximum absolute atomic E-state index is 13.4. The van der Waals surface area contributed by atoms with Gasteiger partial charge in [-0.05, 0) is 51.0 Å². The average Bonchev–Trinajstić information content (AvgIpc) is 3.47. The molecule has 5 rings (SSSR count). The second-order valence-electron chi connectivity index (χ2n) is 9.44. The quantitative estimate of drug-likeness (QED) is 0.685. The number of rotatable bonds is 4. The van der Waals surface area contributed by atoms with Crippen LogP contribution in [0.2, 0.25) is 0 Å². The van der Waals surface area contributed by atoms with E-state index in [0.717, 1.165) is 55.5 Å². The third kappa shape index (κ3) is 3.43.